The molecule has 0 radical (unpaired) electrons. The molecule has 0 aromatic carbocycles. The third-order valence-electron chi connectivity index (χ3n) is 3.82. The minimum Gasteiger partial charge on any atom is -0.449 e. The van der Waals surface area contributed by atoms with E-state index in [9.17, 15) is 9.59 Å². The van der Waals surface area contributed by atoms with Gasteiger partial charge in [-0.1, -0.05) is 13.3 Å². The quantitative estimate of drug-likeness (QED) is 0.731. The molecule has 2 fully saturated rings. The highest BCUT2D eigenvalue weighted by Crippen LogP contribution is 2.32. The predicted molar refractivity (Wildman–Crippen MR) is 71.7 cm³/mol. The average molecular weight is 268 g/mol. The van der Waals surface area contributed by atoms with E-state index in [0.717, 1.165) is 25.7 Å². The summed E-state index contributed by atoms with van der Waals surface area (Å²) in [6, 6.07) is 0.0978. The van der Waals surface area contributed by atoms with Gasteiger partial charge in [-0.3, -0.25) is 4.79 Å². The second kappa shape index (κ2) is 6.26. The molecule has 5 nitrogen and oxygen atoms in total. The Kier molecular flexibility index (Phi) is 4.66. The molecule has 1 unspecified atom stereocenters. The molecule has 108 valence electrons. The van der Waals surface area contributed by atoms with Gasteiger partial charge in [-0.05, 0) is 26.2 Å². The van der Waals surface area contributed by atoms with Gasteiger partial charge in [-0.15, -0.1) is 0 Å². The first kappa shape index (κ1) is 14.2. The molecule has 0 N–H and O–H groups in total. The molecule has 0 aromatic rings. The number of amides is 2. The molecule has 0 bridgehead atoms. The number of hydrogen-bond donors (Lipinski definition) is 0. The zero-order chi connectivity index (χ0) is 13.8. The number of nitrogens with zero attached hydrogens (tertiary/aromatic N) is 2. The van der Waals surface area contributed by atoms with Gasteiger partial charge in [-0.25, -0.2) is 4.79 Å². The van der Waals surface area contributed by atoms with Gasteiger partial charge in [0.25, 0.3) is 0 Å². The molecule has 2 aliphatic rings. The first-order valence-electron chi connectivity index (χ1n) is 7.35. The first-order valence-corrected chi connectivity index (χ1v) is 7.35. The van der Waals surface area contributed by atoms with Crippen LogP contribution in [-0.2, 0) is 9.53 Å². The van der Waals surface area contributed by atoms with Crippen LogP contribution in [0.3, 0.4) is 0 Å². The highest BCUT2D eigenvalue weighted by molar-refractivity contribution is 5.81. The van der Waals surface area contributed by atoms with Gasteiger partial charge < -0.3 is 14.5 Å². The lowest BCUT2D eigenvalue weighted by Gasteiger charge is -2.39. The maximum absolute atomic E-state index is 12.0. The van der Waals surface area contributed by atoms with E-state index in [0.29, 0.717) is 26.2 Å². The van der Waals surface area contributed by atoms with Crippen molar-refractivity contribution < 1.29 is 14.3 Å². The maximum atomic E-state index is 12.0. The van der Waals surface area contributed by atoms with Crippen LogP contribution in [0.15, 0.2) is 0 Å². The minimum absolute atomic E-state index is 0.0978. The van der Waals surface area contributed by atoms with Crippen LogP contribution < -0.4 is 0 Å². The van der Waals surface area contributed by atoms with E-state index < -0.39 is 0 Å². The Hall–Kier alpha value is -1.26. The fourth-order valence-electron chi connectivity index (χ4n) is 2.41. The van der Waals surface area contributed by atoms with E-state index in [4.69, 9.17) is 4.74 Å². The Bertz CT molecular complexity index is 342. The fourth-order valence-corrected chi connectivity index (χ4v) is 2.41. The van der Waals surface area contributed by atoms with E-state index in [2.05, 4.69) is 6.92 Å². The maximum Gasteiger partial charge on any atom is 0.409 e. The number of carbonyl (C=O) groups is 2. The molecule has 1 saturated carbocycles. The molecule has 1 saturated heterocycles. The second-order valence-electron chi connectivity index (χ2n) is 5.57. The monoisotopic (exact) mass is 268 g/mol. The van der Waals surface area contributed by atoms with Crippen molar-refractivity contribution in [3.8, 4) is 0 Å². The molecule has 2 amide bonds. The first-order chi connectivity index (χ1) is 9.13. The molecule has 5 heteroatoms. The largest absolute Gasteiger partial charge is 0.449 e. The minimum atomic E-state index is -0.237. The van der Waals surface area contributed by atoms with Gasteiger partial charge in [0.1, 0.15) is 0 Å². The zero-order valence-electron chi connectivity index (χ0n) is 11.9. The number of rotatable bonds is 4. The van der Waals surface area contributed by atoms with Crippen LogP contribution in [-0.4, -0.2) is 54.1 Å². The lowest BCUT2D eigenvalue weighted by atomic mass is 10.1. The molecule has 19 heavy (non-hydrogen) atoms. The van der Waals surface area contributed by atoms with Gasteiger partial charge in [-0.2, -0.15) is 0 Å². The van der Waals surface area contributed by atoms with Crippen LogP contribution in [0.5, 0.6) is 0 Å². The van der Waals surface area contributed by atoms with Crippen molar-refractivity contribution in [2.24, 2.45) is 5.92 Å². The summed E-state index contributed by atoms with van der Waals surface area (Å²) in [6.45, 7) is 6.38. The summed E-state index contributed by atoms with van der Waals surface area (Å²) < 4.78 is 5.21. The normalized spacial score (nSPS) is 23.4. The predicted octanol–water partition coefficient (Wildman–Crippen LogP) is 1.87. The zero-order valence-corrected chi connectivity index (χ0v) is 11.9. The van der Waals surface area contributed by atoms with Gasteiger partial charge in [0.2, 0.25) is 5.91 Å². The smallest absolute Gasteiger partial charge is 0.409 e. The van der Waals surface area contributed by atoms with Gasteiger partial charge in [0.15, 0.2) is 0 Å². The van der Waals surface area contributed by atoms with Crippen molar-refractivity contribution >= 4 is 12.0 Å². The topological polar surface area (TPSA) is 49.9 Å². The van der Waals surface area contributed by atoms with Crippen molar-refractivity contribution in [2.75, 3.05) is 26.2 Å². The van der Waals surface area contributed by atoms with Crippen LogP contribution in [0.4, 0.5) is 4.79 Å². The fraction of sp³-hybridized carbons (Fsp3) is 0.857. The Labute approximate surface area is 114 Å². The van der Waals surface area contributed by atoms with Crippen molar-refractivity contribution in [3.63, 3.8) is 0 Å². The van der Waals surface area contributed by atoms with Crippen molar-refractivity contribution in [1.82, 2.24) is 9.80 Å². The molecule has 0 aromatic heterocycles. The standard InChI is InChI=1S/C14H24N2O3/c1-3-4-9-19-14(18)15-7-8-16(11(2)10-15)13(17)12-5-6-12/h11-12H,3-10H2,1-2H3. The lowest BCUT2D eigenvalue weighted by molar-refractivity contribution is -0.136. The van der Waals surface area contributed by atoms with Crippen LogP contribution >= 0.6 is 0 Å². The lowest BCUT2D eigenvalue weighted by Crippen LogP contribution is -2.55. The summed E-state index contributed by atoms with van der Waals surface area (Å²) in [5.74, 6) is 0.525. The van der Waals surface area contributed by atoms with Crippen LogP contribution in [0.2, 0.25) is 0 Å². The molecular formula is C14H24N2O3. The van der Waals surface area contributed by atoms with E-state index in [-0.39, 0.29) is 24.0 Å². The third kappa shape index (κ3) is 3.61. The molecular weight excluding hydrogens is 244 g/mol. The summed E-state index contributed by atoms with van der Waals surface area (Å²) >= 11 is 0. The summed E-state index contributed by atoms with van der Waals surface area (Å²) in [6.07, 6.45) is 3.75. The van der Waals surface area contributed by atoms with Crippen molar-refractivity contribution in [2.45, 2.75) is 45.6 Å². The molecule has 2 rings (SSSR count). The molecule has 1 heterocycles. The number of hydrogen-bond acceptors (Lipinski definition) is 3. The van der Waals surface area contributed by atoms with Crippen LogP contribution in [0.25, 0.3) is 0 Å². The van der Waals surface area contributed by atoms with E-state index in [1.165, 1.54) is 0 Å². The molecule has 1 aliphatic heterocycles. The Morgan fingerprint density at radius 3 is 2.58 bits per heavy atom. The molecule has 0 spiro atoms. The van der Waals surface area contributed by atoms with Crippen molar-refractivity contribution in [3.05, 3.63) is 0 Å². The molecule has 1 aliphatic carbocycles. The second-order valence-corrected chi connectivity index (χ2v) is 5.57. The Morgan fingerprint density at radius 2 is 2.00 bits per heavy atom. The van der Waals surface area contributed by atoms with Crippen molar-refractivity contribution in [1.29, 1.82) is 0 Å². The van der Waals surface area contributed by atoms with E-state index in [1.807, 2.05) is 11.8 Å². The van der Waals surface area contributed by atoms with Gasteiger partial charge in [0, 0.05) is 31.6 Å². The third-order valence-corrected chi connectivity index (χ3v) is 3.82. The number of unbranched alkanes of at least 4 members (excludes halogenated alkanes) is 1. The van der Waals surface area contributed by atoms with Gasteiger partial charge in [0.05, 0.1) is 6.61 Å². The summed E-state index contributed by atoms with van der Waals surface area (Å²) in [5.41, 5.74) is 0. The number of ether oxygens (including phenoxy) is 1. The Morgan fingerprint density at radius 1 is 1.26 bits per heavy atom. The van der Waals surface area contributed by atoms with E-state index in [1.54, 1.807) is 4.90 Å². The number of piperazine rings is 1. The van der Waals surface area contributed by atoms with Crippen LogP contribution in [0.1, 0.15) is 39.5 Å². The summed E-state index contributed by atoms with van der Waals surface area (Å²) in [5, 5.41) is 0. The molecule has 1 atom stereocenters. The van der Waals surface area contributed by atoms with Gasteiger partial charge >= 0.3 is 6.09 Å². The summed E-state index contributed by atoms with van der Waals surface area (Å²) in [7, 11) is 0. The number of carbonyl (C=O) groups excluding carboxylic acids is 2. The Balaban J connectivity index is 1.78. The summed E-state index contributed by atoms with van der Waals surface area (Å²) in [4.78, 5) is 27.5. The highest BCUT2D eigenvalue weighted by Gasteiger charge is 2.38. The average Bonchev–Trinajstić information content (AvgIpc) is 3.22. The highest BCUT2D eigenvalue weighted by atomic mass is 16.6. The SMILES string of the molecule is CCCCOC(=O)N1CCN(C(=O)C2CC2)C(C)C1. The van der Waals surface area contributed by atoms with E-state index >= 15 is 0 Å². The van der Waals surface area contributed by atoms with Crippen LogP contribution in [0, 0.1) is 5.92 Å².